The van der Waals surface area contributed by atoms with Crippen LogP contribution in [0.2, 0.25) is 0 Å². The second kappa shape index (κ2) is 9.44. The second-order valence-electron chi connectivity index (χ2n) is 8.75. The van der Waals surface area contributed by atoms with Crippen LogP contribution < -0.4 is 11.1 Å². The van der Waals surface area contributed by atoms with Gasteiger partial charge in [-0.25, -0.2) is 4.98 Å². The van der Waals surface area contributed by atoms with E-state index in [1.165, 1.54) is 17.7 Å². The smallest absolute Gasteiger partial charge is 0.366 e. The van der Waals surface area contributed by atoms with E-state index in [1.54, 1.807) is 24.3 Å². The molecule has 0 atom stereocenters. The number of aromatic nitrogens is 3. The van der Waals surface area contributed by atoms with E-state index < -0.39 is 29.4 Å². The number of alkyl halides is 3. The van der Waals surface area contributed by atoms with Gasteiger partial charge in [0.25, 0.3) is 5.91 Å². The van der Waals surface area contributed by atoms with Crippen LogP contribution in [-0.4, -0.2) is 26.6 Å². The lowest BCUT2D eigenvalue weighted by Crippen LogP contribution is -2.19. The van der Waals surface area contributed by atoms with E-state index in [-0.39, 0.29) is 23.5 Å². The Morgan fingerprint density at radius 3 is 2.36 bits per heavy atom. The Morgan fingerprint density at radius 1 is 1.08 bits per heavy atom. The number of nitrogens with zero attached hydrogens (tertiary/aromatic N) is 3. The summed E-state index contributed by atoms with van der Waals surface area (Å²) in [6, 6.07) is 15.2. The van der Waals surface area contributed by atoms with Crippen LogP contribution in [0.1, 0.15) is 63.1 Å². The Morgan fingerprint density at radius 2 is 1.75 bits per heavy atom. The molecule has 2 amide bonds. The van der Waals surface area contributed by atoms with Gasteiger partial charge in [0.05, 0.1) is 29.0 Å². The average Bonchev–Trinajstić information content (AvgIpc) is 3.13. The molecule has 0 radical (unpaired) electrons. The van der Waals surface area contributed by atoms with Crippen molar-refractivity contribution in [3.05, 3.63) is 88.4 Å². The molecular formula is C26H24F3N5O2. The van der Waals surface area contributed by atoms with Crippen LogP contribution in [0, 0.1) is 6.92 Å². The molecule has 7 nitrogen and oxygen atoms in total. The topological polar surface area (TPSA) is 103 Å². The van der Waals surface area contributed by atoms with Gasteiger partial charge in [-0.3, -0.25) is 14.3 Å². The van der Waals surface area contributed by atoms with Crippen LogP contribution in [0.5, 0.6) is 0 Å². The number of para-hydroxylation sites is 1. The number of nitrogens with one attached hydrogen (secondary N) is 1. The Balaban J connectivity index is 1.70. The van der Waals surface area contributed by atoms with Crippen molar-refractivity contribution in [3.8, 4) is 0 Å². The summed E-state index contributed by atoms with van der Waals surface area (Å²) in [5.41, 5.74) is 5.87. The maximum Gasteiger partial charge on any atom is 0.437 e. The SMILES string of the molecule is Cc1c(NC(=O)c2cc(C(N)=O)c3ccccc3n2)c(C(F)(F)F)nn1Cc1ccc(C(C)C)cc1. The number of rotatable bonds is 6. The number of hydrogen-bond donors (Lipinski definition) is 2. The van der Waals surface area contributed by atoms with Gasteiger partial charge in [0.15, 0.2) is 5.69 Å². The molecule has 0 aliphatic heterocycles. The van der Waals surface area contributed by atoms with E-state index in [0.29, 0.717) is 16.8 Å². The van der Waals surface area contributed by atoms with Crippen molar-refractivity contribution in [2.24, 2.45) is 5.73 Å². The standard InChI is InChI=1S/C26H24F3N5O2/c1-14(2)17-10-8-16(9-11-17)13-34-15(3)22(23(33-34)26(27,28)29)32-25(36)21-12-19(24(30)35)18-6-4-5-7-20(18)31-21/h4-12,14H,13H2,1-3H3,(H2,30,35)(H,32,36). The highest BCUT2D eigenvalue weighted by atomic mass is 19.4. The van der Waals surface area contributed by atoms with Gasteiger partial charge in [-0.05, 0) is 36.1 Å². The zero-order valence-electron chi connectivity index (χ0n) is 19.8. The van der Waals surface area contributed by atoms with Crippen molar-refractivity contribution in [3.63, 3.8) is 0 Å². The maximum absolute atomic E-state index is 13.8. The van der Waals surface area contributed by atoms with Crippen LogP contribution in [0.3, 0.4) is 0 Å². The molecule has 0 fully saturated rings. The van der Waals surface area contributed by atoms with Gasteiger partial charge >= 0.3 is 6.18 Å². The van der Waals surface area contributed by atoms with Gasteiger partial charge in [0.1, 0.15) is 5.69 Å². The zero-order chi connectivity index (χ0) is 26.2. The van der Waals surface area contributed by atoms with Gasteiger partial charge in [0, 0.05) is 5.39 Å². The largest absolute Gasteiger partial charge is 0.437 e. The summed E-state index contributed by atoms with van der Waals surface area (Å²) in [7, 11) is 0. The summed E-state index contributed by atoms with van der Waals surface area (Å²) in [5.74, 6) is -1.38. The molecule has 0 aliphatic carbocycles. The lowest BCUT2D eigenvalue weighted by Gasteiger charge is -2.11. The van der Waals surface area contributed by atoms with Crippen LogP contribution in [-0.2, 0) is 12.7 Å². The third-order valence-electron chi connectivity index (χ3n) is 5.91. The van der Waals surface area contributed by atoms with Crippen molar-refractivity contribution in [2.45, 2.75) is 39.4 Å². The van der Waals surface area contributed by atoms with Crippen LogP contribution in [0.15, 0.2) is 54.6 Å². The number of primary amides is 1. The molecule has 2 aromatic heterocycles. The first kappa shape index (κ1) is 24.9. The number of benzene rings is 2. The molecule has 2 aromatic carbocycles. The van der Waals surface area contributed by atoms with Crippen LogP contribution in [0.4, 0.5) is 18.9 Å². The average molecular weight is 496 g/mol. The number of carbonyl (C=O) groups is 2. The van der Waals surface area contributed by atoms with E-state index in [2.05, 4.69) is 15.4 Å². The van der Waals surface area contributed by atoms with Gasteiger partial charge in [-0.1, -0.05) is 56.3 Å². The number of carbonyl (C=O) groups excluding carboxylic acids is 2. The number of nitrogens with two attached hydrogens (primary N) is 1. The Kier molecular flexibility index (Phi) is 6.53. The molecule has 0 spiro atoms. The van der Waals surface area contributed by atoms with Crippen LogP contribution >= 0.6 is 0 Å². The summed E-state index contributed by atoms with van der Waals surface area (Å²) in [6.07, 6.45) is -4.81. The molecule has 186 valence electrons. The van der Waals surface area contributed by atoms with E-state index >= 15 is 0 Å². The van der Waals surface area contributed by atoms with Crippen molar-refractivity contribution in [2.75, 3.05) is 5.32 Å². The Labute approximate surface area is 205 Å². The van der Waals surface area contributed by atoms with Crippen LogP contribution in [0.25, 0.3) is 10.9 Å². The number of pyridine rings is 1. The predicted octanol–water partition coefficient (Wildman–Crippen LogP) is 5.28. The van der Waals surface area contributed by atoms with Gasteiger partial charge in [-0.2, -0.15) is 18.3 Å². The number of hydrogen-bond acceptors (Lipinski definition) is 4. The van der Waals surface area contributed by atoms with E-state index in [0.717, 1.165) is 11.1 Å². The first-order valence-electron chi connectivity index (χ1n) is 11.2. The van der Waals surface area contributed by atoms with E-state index in [1.807, 2.05) is 38.1 Å². The van der Waals surface area contributed by atoms with Crippen molar-refractivity contribution in [1.82, 2.24) is 14.8 Å². The van der Waals surface area contributed by atoms with Gasteiger partial charge < -0.3 is 11.1 Å². The van der Waals surface area contributed by atoms with Crippen molar-refractivity contribution >= 4 is 28.4 Å². The molecular weight excluding hydrogens is 471 g/mol. The lowest BCUT2D eigenvalue weighted by molar-refractivity contribution is -0.140. The first-order chi connectivity index (χ1) is 17.0. The highest BCUT2D eigenvalue weighted by molar-refractivity contribution is 6.10. The quantitative estimate of drug-likeness (QED) is 0.380. The summed E-state index contributed by atoms with van der Waals surface area (Å²) in [4.78, 5) is 29.1. The zero-order valence-corrected chi connectivity index (χ0v) is 19.8. The van der Waals surface area contributed by atoms with Crippen molar-refractivity contribution < 1.29 is 22.8 Å². The second-order valence-corrected chi connectivity index (χ2v) is 8.75. The lowest BCUT2D eigenvalue weighted by atomic mass is 10.0. The number of anilines is 1. The van der Waals surface area contributed by atoms with E-state index in [9.17, 15) is 22.8 Å². The Hall–Kier alpha value is -4.21. The monoisotopic (exact) mass is 495 g/mol. The summed E-state index contributed by atoms with van der Waals surface area (Å²) >= 11 is 0. The third-order valence-corrected chi connectivity index (χ3v) is 5.91. The molecule has 3 N–H and O–H groups in total. The summed E-state index contributed by atoms with van der Waals surface area (Å²) in [5, 5.41) is 6.50. The molecule has 4 rings (SSSR count). The van der Waals surface area contributed by atoms with Gasteiger partial charge in [0.2, 0.25) is 5.91 Å². The third kappa shape index (κ3) is 4.93. The predicted molar refractivity (Wildman–Crippen MR) is 130 cm³/mol. The maximum atomic E-state index is 13.8. The molecule has 0 saturated heterocycles. The fourth-order valence-electron chi connectivity index (χ4n) is 3.90. The molecule has 4 aromatic rings. The number of amides is 2. The number of halogens is 3. The molecule has 0 bridgehead atoms. The minimum Gasteiger partial charge on any atom is -0.366 e. The van der Waals surface area contributed by atoms with Gasteiger partial charge in [-0.15, -0.1) is 0 Å². The fourth-order valence-corrected chi connectivity index (χ4v) is 3.90. The first-order valence-corrected chi connectivity index (χ1v) is 11.2. The normalized spacial score (nSPS) is 11.8. The molecule has 0 aliphatic rings. The summed E-state index contributed by atoms with van der Waals surface area (Å²) in [6.45, 7) is 5.63. The highest BCUT2D eigenvalue weighted by Gasteiger charge is 2.39. The fraction of sp³-hybridized carbons (Fsp3) is 0.231. The highest BCUT2D eigenvalue weighted by Crippen LogP contribution is 2.36. The summed E-state index contributed by atoms with van der Waals surface area (Å²) < 4.78 is 42.7. The van der Waals surface area contributed by atoms with E-state index in [4.69, 9.17) is 5.73 Å². The van der Waals surface area contributed by atoms with Crippen molar-refractivity contribution in [1.29, 1.82) is 0 Å². The minimum absolute atomic E-state index is 0.0408. The number of fused-ring (bicyclic) bond motifs is 1. The molecule has 10 heteroatoms. The Bertz CT molecular complexity index is 1460. The molecule has 36 heavy (non-hydrogen) atoms. The minimum atomic E-state index is -4.81. The molecule has 2 heterocycles. The molecule has 0 saturated carbocycles. The molecule has 0 unspecified atom stereocenters.